The first-order chi connectivity index (χ1) is 16.8. The molecular formula is C28H33N3O4S. The summed E-state index contributed by atoms with van der Waals surface area (Å²) >= 11 is 0. The van der Waals surface area contributed by atoms with Gasteiger partial charge in [0.25, 0.3) is 5.91 Å². The highest BCUT2D eigenvalue weighted by Crippen LogP contribution is 2.27. The quantitative estimate of drug-likeness (QED) is 0.456. The number of carbonyl (C=O) groups excluding carboxylic acids is 2. The van der Waals surface area contributed by atoms with E-state index in [-0.39, 0.29) is 17.9 Å². The highest BCUT2D eigenvalue weighted by atomic mass is 32.2. The first kappa shape index (κ1) is 26.9. The molecule has 0 atom stereocenters. The van der Waals surface area contributed by atoms with E-state index in [9.17, 15) is 18.0 Å². The van der Waals surface area contributed by atoms with Crippen LogP contribution in [0, 0.1) is 13.8 Å². The van der Waals surface area contributed by atoms with E-state index in [2.05, 4.69) is 31.4 Å². The highest BCUT2D eigenvalue weighted by Gasteiger charge is 2.24. The third-order valence-corrected chi connectivity index (χ3v) is 6.91. The maximum absolute atomic E-state index is 12.8. The Labute approximate surface area is 213 Å². The number of sulfonamides is 1. The van der Waals surface area contributed by atoms with Gasteiger partial charge in [0, 0.05) is 16.9 Å². The van der Waals surface area contributed by atoms with Crippen LogP contribution in [0.2, 0.25) is 0 Å². The molecule has 0 spiro atoms. The second-order valence-electron chi connectivity index (χ2n) is 9.92. The van der Waals surface area contributed by atoms with Crippen LogP contribution in [0.1, 0.15) is 47.8 Å². The Hall–Kier alpha value is -3.65. The number of nitrogens with zero attached hydrogens (tertiary/aromatic N) is 1. The van der Waals surface area contributed by atoms with E-state index >= 15 is 0 Å². The summed E-state index contributed by atoms with van der Waals surface area (Å²) in [6.07, 6.45) is 1.08. The Kier molecular flexibility index (Phi) is 7.89. The Morgan fingerprint density at radius 3 is 1.89 bits per heavy atom. The molecule has 0 radical (unpaired) electrons. The lowest BCUT2D eigenvalue weighted by atomic mass is 9.87. The monoisotopic (exact) mass is 507 g/mol. The van der Waals surface area contributed by atoms with Gasteiger partial charge in [-0.05, 0) is 66.3 Å². The number of carbonyl (C=O) groups is 2. The Balaban J connectivity index is 1.72. The van der Waals surface area contributed by atoms with Gasteiger partial charge in [0.05, 0.1) is 11.9 Å². The van der Waals surface area contributed by atoms with Gasteiger partial charge in [0.15, 0.2) is 0 Å². The van der Waals surface area contributed by atoms with Gasteiger partial charge in [-0.1, -0.05) is 57.2 Å². The minimum Gasteiger partial charge on any atom is -0.324 e. The lowest BCUT2D eigenvalue weighted by Crippen LogP contribution is -2.38. The SMILES string of the molecule is Cc1cccc(C)c1N(CC(=O)Nc1cccc(NC(=O)c2ccc(C(C)(C)C)cc2)c1)S(C)(=O)=O. The van der Waals surface area contributed by atoms with Gasteiger partial charge in [-0.2, -0.15) is 0 Å². The number of amides is 2. The lowest BCUT2D eigenvalue weighted by molar-refractivity contribution is -0.114. The van der Waals surface area contributed by atoms with Gasteiger partial charge < -0.3 is 10.6 Å². The molecule has 8 heteroatoms. The van der Waals surface area contributed by atoms with E-state index in [1.807, 2.05) is 18.2 Å². The van der Waals surface area contributed by atoms with E-state index in [1.165, 1.54) is 0 Å². The molecule has 0 bridgehead atoms. The summed E-state index contributed by atoms with van der Waals surface area (Å²) in [5.74, 6) is -0.762. The van der Waals surface area contributed by atoms with Crippen LogP contribution in [0.4, 0.5) is 17.1 Å². The van der Waals surface area contributed by atoms with Crippen molar-refractivity contribution < 1.29 is 18.0 Å². The number of aryl methyl sites for hydroxylation is 2. The van der Waals surface area contributed by atoms with E-state index in [1.54, 1.807) is 62.4 Å². The van der Waals surface area contributed by atoms with Crippen LogP contribution in [0.3, 0.4) is 0 Å². The Morgan fingerprint density at radius 1 is 0.833 bits per heavy atom. The zero-order chi connectivity index (χ0) is 26.7. The van der Waals surface area contributed by atoms with E-state index < -0.39 is 15.9 Å². The molecule has 36 heavy (non-hydrogen) atoms. The van der Waals surface area contributed by atoms with Crippen LogP contribution < -0.4 is 14.9 Å². The van der Waals surface area contributed by atoms with Crippen molar-refractivity contribution in [3.8, 4) is 0 Å². The van der Waals surface area contributed by atoms with Crippen LogP contribution in [-0.4, -0.2) is 33.0 Å². The predicted molar refractivity (Wildman–Crippen MR) is 146 cm³/mol. The molecule has 2 amide bonds. The third kappa shape index (κ3) is 6.73. The number of hydrogen-bond acceptors (Lipinski definition) is 4. The first-order valence-corrected chi connectivity index (χ1v) is 13.5. The molecule has 0 fully saturated rings. The summed E-state index contributed by atoms with van der Waals surface area (Å²) in [7, 11) is -3.70. The molecule has 0 unspecified atom stereocenters. The minimum absolute atomic E-state index is 0.00780. The summed E-state index contributed by atoms with van der Waals surface area (Å²) in [6.45, 7) is 9.57. The number of benzene rings is 3. The molecule has 3 aromatic rings. The van der Waals surface area contributed by atoms with Crippen LogP contribution in [0.5, 0.6) is 0 Å². The molecule has 0 aliphatic carbocycles. The molecular weight excluding hydrogens is 474 g/mol. The molecule has 7 nitrogen and oxygen atoms in total. The highest BCUT2D eigenvalue weighted by molar-refractivity contribution is 7.92. The fourth-order valence-corrected chi connectivity index (χ4v) is 4.86. The van der Waals surface area contributed by atoms with Crippen molar-refractivity contribution in [2.75, 3.05) is 27.7 Å². The first-order valence-electron chi connectivity index (χ1n) is 11.6. The molecule has 0 saturated heterocycles. The molecule has 3 rings (SSSR count). The lowest BCUT2D eigenvalue weighted by Gasteiger charge is -2.25. The number of nitrogens with one attached hydrogen (secondary N) is 2. The summed E-state index contributed by atoms with van der Waals surface area (Å²) in [4.78, 5) is 25.5. The van der Waals surface area contributed by atoms with E-state index in [0.29, 0.717) is 22.6 Å². The largest absolute Gasteiger partial charge is 0.324 e. The van der Waals surface area contributed by atoms with Crippen LogP contribution in [0.15, 0.2) is 66.7 Å². The van der Waals surface area contributed by atoms with E-state index in [0.717, 1.165) is 27.3 Å². The van der Waals surface area contributed by atoms with Crippen molar-refractivity contribution in [1.29, 1.82) is 0 Å². The van der Waals surface area contributed by atoms with E-state index in [4.69, 9.17) is 0 Å². The smallest absolute Gasteiger partial charge is 0.255 e. The van der Waals surface area contributed by atoms with Crippen LogP contribution in [0.25, 0.3) is 0 Å². The molecule has 0 aliphatic rings. The molecule has 0 heterocycles. The molecule has 0 saturated carbocycles. The Bertz CT molecular complexity index is 1350. The minimum atomic E-state index is -3.70. The predicted octanol–water partition coefficient (Wildman–Crippen LogP) is 5.26. The topological polar surface area (TPSA) is 95.6 Å². The standard InChI is InChI=1S/C28H33N3O4S/c1-19-9-7-10-20(2)26(19)31(36(6,34)35)18-25(32)29-23-11-8-12-24(17-23)30-27(33)21-13-15-22(16-14-21)28(3,4)5/h7-17H,18H2,1-6H3,(H,29,32)(H,30,33). The van der Waals surface area contributed by atoms with Gasteiger partial charge in [-0.25, -0.2) is 8.42 Å². The summed E-state index contributed by atoms with van der Waals surface area (Å²) < 4.78 is 26.1. The molecule has 0 aliphatic heterocycles. The number of para-hydroxylation sites is 1. The Morgan fingerprint density at radius 2 is 1.36 bits per heavy atom. The van der Waals surface area contributed by atoms with Gasteiger partial charge >= 0.3 is 0 Å². The fraction of sp³-hybridized carbons (Fsp3) is 0.286. The average Bonchev–Trinajstić information content (AvgIpc) is 2.77. The van der Waals surface area contributed by atoms with Crippen molar-refractivity contribution in [1.82, 2.24) is 0 Å². The maximum Gasteiger partial charge on any atom is 0.255 e. The maximum atomic E-state index is 12.8. The van der Waals surface area contributed by atoms with Gasteiger partial charge in [0.1, 0.15) is 6.54 Å². The molecule has 0 aromatic heterocycles. The number of hydrogen-bond donors (Lipinski definition) is 2. The third-order valence-electron chi connectivity index (χ3n) is 5.79. The van der Waals surface area contributed by atoms with Crippen molar-refractivity contribution in [2.45, 2.75) is 40.0 Å². The molecule has 190 valence electrons. The second-order valence-corrected chi connectivity index (χ2v) is 11.8. The van der Waals surface area contributed by atoms with Crippen LogP contribution >= 0.6 is 0 Å². The fourth-order valence-electron chi connectivity index (χ4n) is 3.89. The number of anilines is 3. The normalized spacial score (nSPS) is 11.6. The summed E-state index contributed by atoms with van der Waals surface area (Å²) in [6, 6.07) is 19.6. The molecule has 2 N–H and O–H groups in total. The second kappa shape index (κ2) is 10.5. The summed E-state index contributed by atoms with van der Waals surface area (Å²) in [5.41, 5.74) is 4.60. The zero-order valence-electron chi connectivity index (χ0n) is 21.5. The van der Waals surface area contributed by atoms with Crippen LogP contribution in [-0.2, 0) is 20.2 Å². The van der Waals surface area contributed by atoms with Crippen molar-refractivity contribution in [3.05, 3.63) is 89.0 Å². The molecule has 3 aromatic carbocycles. The van der Waals surface area contributed by atoms with Crippen molar-refractivity contribution in [3.63, 3.8) is 0 Å². The van der Waals surface area contributed by atoms with Gasteiger partial charge in [0.2, 0.25) is 15.9 Å². The van der Waals surface area contributed by atoms with Crippen molar-refractivity contribution >= 4 is 38.9 Å². The zero-order valence-corrected chi connectivity index (χ0v) is 22.4. The van der Waals surface area contributed by atoms with Gasteiger partial charge in [-0.3, -0.25) is 13.9 Å². The van der Waals surface area contributed by atoms with Gasteiger partial charge in [-0.15, -0.1) is 0 Å². The summed E-state index contributed by atoms with van der Waals surface area (Å²) in [5, 5.41) is 5.57. The van der Waals surface area contributed by atoms with Crippen molar-refractivity contribution in [2.24, 2.45) is 0 Å². The average molecular weight is 508 g/mol. The number of rotatable bonds is 7.